The zero-order chi connectivity index (χ0) is 17.9. The number of unbranched alkanes of at least 4 members (excludes halogenated alkanes) is 1. The van der Waals surface area contributed by atoms with E-state index in [1.54, 1.807) is 12.1 Å². The van der Waals surface area contributed by atoms with Gasteiger partial charge < -0.3 is 0 Å². The molecule has 0 unspecified atom stereocenters. The van der Waals surface area contributed by atoms with E-state index in [0.717, 1.165) is 35.6 Å². The molecule has 0 atom stereocenters. The van der Waals surface area contributed by atoms with E-state index in [-0.39, 0.29) is 0 Å². The molecule has 130 valence electrons. The van der Waals surface area contributed by atoms with Crippen molar-refractivity contribution in [1.29, 1.82) is 0 Å². The molecule has 0 amide bonds. The summed E-state index contributed by atoms with van der Waals surface area (Å²) in [6, 6.07) is 18.8. The molecule has 3 aromatic rings. The number of aryl methyl sites for hydroxylation is 2. The lowest BCUT2D eigenvalue weighted by molar-refractivity contribution is 0.602. The van der Waals surface area contributed by atoms with Crippen molar-refractivity contribution in [3.05, 3.63) is 71.8 Å². The molecule has 0 aromatic heterocycles. The summed E-state index contributed by atoms with van der Waals surface area (Å²) in [6.45, 7) is 4.11. The molecule has 25 heavy (non-hydrogen) atoms. The lowest BCUT2D eigenvalue weighted by Crippen LogP contribution is -2.14. The minimum atomic E-state index is -3.64. The molecule has 0 spiro atoms. The first-order valence-corrected chi connectivity index (χ1v) is 10.1. The highest BCUT2D eigenvalue weighted by Gasteiger charge is 2.18. The second-order valence-electron chi connectivity index (χ2n) is 6.34. The first-order valence-electron chi connectivity index (χ1n) is 8.61. The maximum atomic E-state index is 12.9. The molecule has 0 saturated carbocycles. The van der Waals surface area contributed by atoms with Crippen molar-refractivity contribution in [3.8, 4) is 0 Å². The normalized spacial score (nSPS) is 11.6. The molecule has 3 aromatic carbocycles. The third-order valence-electron chi connectivity index (χ3n) is 4.39. The highest BCUT2D eigenvalue weighted by atomic mass is 32.2. The van der Waals surface area contributed by atoms with Crippen LogP contribution in [0.3, 0.4) is 0 Å². The number of fused-ring (bicyclic) bond motifs is 1. The summed E-state index contributed by atoms with van der Waals surface area (Å²) < 4.78 is 28.6. The highest BCUT2D eigenvalue weighted by molar-refractivity contribution is 7.93. The topological polar surface area (TPSA) is 46.2 Å². The predicted molar refractivity (Wildman–Crippen MR) is 105 cm³/mol. The number of hydrogen-bond acceptors (Lipinski definition) is 2. The Morgan fingerprint density at radius 3 is 2.48 bits per heavy atom. The molecular weight excluding hydrogens is 330 g/mol. The van der Waals surface area contributed by atoms with E-state index >= 15 is 0 Å². The van der Waals surface area contributed by atoms with Crippen LogP contribution in [-0.4, -0.2) is 8.42 Å². The van der Waals surface area contributed by atoms with Gasteiger partial charge in [-0.2, -0.15) is 0 Å². The van der Waals surface area contributed by atoms with Crippen molar-refractivity contribution in [3.63, 3.8) is 0 Å². The fourth-order valence-corrected chi connectivity index (χ4v) is 4.37. The fourth-order valence-electron chi connectivity index (χ4n) is 3.01. The van der Waals surface area contributed by atoms with Gasteiger partial charge in [0.2, 0.25) is 0 Å². The van der Waals surface area contributed by atoms with E-state index in [0.29, 0.717) is 10.6 Å². The number of hydrogen-bond donors (Lipinski definition) is 1. The Balaban J connectivity index is 1.93. The second-order valence-corrected chi connectivity index (χ2v) is 7.99. The van der Waals surface area contributed by atoms with Crippen LogP contribution in [-0.2, 0) is 16.4 Å². The van der Waals surface area contributed by atoms with Gasteiger partial charge in [0.05, 0.1) is 10.6 Å². The van der Waals surface area contributed by atoms with Gasteiger partial charge in [0, 0.05) is 5.39 Å². The zero-order valence-corrected chi connectivity index (χ0v) is 15.4. The maximum Gasteiger partial charge on any atom is 0.262 e. The molecular formula is C21H23NO2S. The van der Waals surface area contributed by atoms with Gasteiger partial charge in [0.15, 0.2) is 0 Å². The molecule has 0 aliphatic rings. The van der Waals surface area contributed by atoms with Gasteiger partial charge in [-0.1, -0.05) is 61.9 Å². The lowest BCUT2D eigenvalue weighted by atomic mass is 10.1. The summed E-state index contributed by atoms with van der Waals surface area (Å²) in [4.78, 5) is 0.306. The quantitative estimate of drug-likeness (QED) is 0.654. The number of sulfonamides is 1. The first-order chi connectivity index (χ1) is 12.0. The van der Waals surface area contributed by atoms with Crippen molar-refractivity contribution in [2.24, 2.45) is 0 Å². The molecule has 3 rings (SSSR count). The van der Waals surface area contributed by atoms with Gasteiger partial charge in [-0.25, -0.2) is 8.42 Å². The minimum absolute atomic E-state index is 0.306. The van der Waals surface area contributed by atoms with Crippen molar-refractivity contribution in [2.75, 3.05) is 4.72 Å². The Hall–Kier alpha value is -2.33. The molecule has 0 fully saturated rings. The Morgan fingerprint density at radius 2 is 1.72 bits per heavy atom. The maximum absolute atomic E-state index is 12.9. The average molecular weight is 353 g/mol. The SMILES string of the molecule is CCCCc1ccc(NS(=O)(=O)c2cccc3ccccc23)c(C)c1. The monoisotopic (exact) mass is 353 g/mol. The van der Waals surface area contributed by atoms with E-state index < -0.39 is 10.0 Å². The standard InChI is InChI=1S/C21H23NO2S/c1-3-4-8-17-13-14-20(16(2)15-17)22-25(23,24)21-12-7-10-18-9-5-6-11-19(18)21/h5-7,9-15,22H,3-4,8H2,1-2H3. The summed E-state index contributed by atoms with van der Waals surface area (Å²) >= 11 is 0. The van der Waals surface area contributed by atoms with E-state index in [1.165, 1.54) is 5.56 Å². The summed E-state index contributed by atoms with van der Waals surface area (Å²) in [5.41, 5.74) is 2.82. The Morgan fingerprint density at radius 1 is 0.960 bits per heavy atom. The fraction of sp³-hybridized carbons (Fsp3) is 0.238. The van der Waals surface area contributed by atoms with Gasteiger partial charge >= 0.3 is 0 Å². The first kappa shape index (κ1) is 17.5. The number of benzene rings is 3. The molecule has 0 bridgehead atoms. The Kier molecular flexibility index (Phi) is 5.09. The molecule has 0 radical (unpaired) electrons. The predicted octanol–water partition coefficient (Wildman–Crippen LogP) is 5.29. The third-order valence-corrected chi connectivity index (χ3v) is 5.82. The van der Waals surface area contributed by atoms with Crippen LogP contribution in [0.5, 0.6) is 0 Å². The van der Waals surface area contributed by atoms with Crippen LogP contribution < -0.4 is 4.72 Å². The van der Waals surface area contributed by atoms with E-state index in [1.807, 2.05) is 49.4 Å². The molecule has 3 nitrogen and oxygen atoms in total. The van der Waals surface area contributed by atoms with E-state index in [9.17, 15) is 8.42 Å². The summed E-state index contributed by atoms with van der Waals surface area (Å²) in [5.74, 6) is 0. The van der Waals surface area contributed by atoms with Crippen LogP contribution in [0.1, 0.15) is 30.9 Å². The van der Waals surface area contributed by atoms with Crippen molar-refractivity contribution < 1.29 is 8.42 Å². The Bertz CT molecular complexity index is 988. The molecule has 0 aliphatic carbocycles. The molecule has 4 heteroatoms. The molecule has 0 aliphatic heterocycles. The zero-order valence-electron chi connectivity index (χ0n) is 14.6. The van der Waals surface area contributed by atoms with Crippen LogP contribution in [0.2, 0.25) is 0 Å². The third kappa shape index (κ3) is 3.85. The van der Waals surface area contributed by atoms with Gasteiger partial charge in [-0.15, -0.1) is 0 Å². The Labute approximate surface area is 149 Å². The van der Waals surface area contributed by atoms with Crippen LogP contribution >= 0.6 is 0 Å². The van der Waals surface area contributed by atoms with Gasteiger partial charge in [-0.3, -0.25) is 4.72 Å². The van der Waals surface area contributed by atoms with Crippen molar-refractivity contribution >= 4 is 26.5 Å². The van der Waals surface area contributed by atoms with Crippen molar-refractivity contribution in [1.82, 2.24) is 0 Å². The summed E-state index contributed by atoms with van der Waals surface area (Å²) in [6.07, 6.45) is 3.31. The minimum Gasteiger partial charge on any atom is -0.279 e. The number of anilines is 1. The molecule has 0 saturated heterocycles. The van der Waals surface area contributed by atoms with E-state index in [4.69, 9.17) is 0 Å². The van der Waals surface area contributed by atoms with Gasteiger partial charge in [0.25, 0.3) is 10.0 Å². The van der Waals surface area contributed by atoms with Crippen LogP contribution in [0.4, 0.5) is 5.69 Å². The highest BCUT2D eigenvalue weighted by Crippen LogP contribution is 2.26. The van der Waals surface area contributed by atoms with Gasteiger partial charge in [-0.05, 0) is 48.4 Å². The number of nitrogens with one attached hydrogen (secondary N) is 1. The van der Waals surface area contributed by atoms with E-state index in [2.05, 4.69) is 17.7 Å². The second kappa shape index (κ2) is 7.28. The van der Waals surface area contributed by atoms with Crippen LogP contribution in [0, 0.1) is 6.92 Å². The summed E-state index contributed by atoms with van der Waals surface area (Å²) in [5, 5.41) is 1.65. The number of rotatable bonds is 6. The van der Waals surface area contributed by atoms with Gasteiger partial charge in [0.1, 0.15) is 0 Å². The molecule has 0 heterocycles. The van der Waals surface area contributed by atoms with Crippen molar-refractivity contribution in [2.45, 2.75) is 38.0 Å². The average Bonchev–Trinajstić information content (AvgIpc) is 2.61. The smallest absolute Gasteiger partial charge is 0.262 e. The summed E-state index contributed by atoms with van der Waals surface area (Å²) in [7, 11) is -3.64. The molecule has 1 N–H and O–H groups in total. The van der Waals surface area contributed by atoms with Crippen LogP contribution in [0.25, 0.3) is 10.8 Å². The largest absolute Gasteiger partial charge is 0.279 e. The lowest BCUT2D eigenvalue weighted by Gasteiger charge is -2.13. The van der Waals surface area contributed by atoms with Crippen LogP contribution in [0.15, 0.2) is 65.6 Å².